The third kappa shape index (κ3) is 3.06. The molecule has 1 N–H and O–H groups in total. The molecule has 30 heavy (non-hydrogen) atoms. The summed E-state index contributed by atoms with van der Waals surface area (Å²) in [4.78, 5) is 6.93. The van der Waals surface area contributed by atoms with Crippen molar-refractivity contribution >= 4 is 6.21 Å². The lowest BCUT2D eigenvalue weighted by Gasteiger charge is -2.60. The van der Waals surface area contributed by atoms with Gasteiger partial charge in [-0.1, -0.05) is 51.3 Å². The molecule has 1 heterocycles. The van der Waals surface area contributed by atoms with Gasteiger partial charge in [0.25, 0.3) is 0 Å². The molecule has 7 atom stereocenters. The summed E-state index contributed by atoms with van der Waals surface area (Å²) in [5.41, 5.74) is 3.73. The van der Waals surface area contributed by atoms with Gasteiger partial charge in [0.1, 0.15) is 6.67 Å². The minimum absolute atomic E-state index is 0.118. The van der Waals surface area contributed by atoms with Gasteiger partial charge in [-0.2, -0.15) is 0 Å². The highest BCUT2D eigenvalue weighted by atomic mass is 16.3. The van der Waals surface area contributed by atoms with Crippen molar-refractivity contribution in [3.8, 4) is 0 Å². The maximum Gasteiger partial charge on any atom is 0.113 e. The number of nitrogens with zero attached hydrogens (tertiary/aromatic N) is 2. The van der Waals surface area contributed by atoms with Gasteiger partial charge in [0.15, 0.2) is 0 Å². The monoisotopic (exact) mass is 408 g/mol. The van der Waals surface area contributed by atoms with E-state index >= 15 is 0 Å². The van der Waals surface area contributed by atoms with E-state index in [0.717, 1.165) is 37.3 Å². The van der Waals surface area contributed by atoms with E-state index in [9.17, 15) is 5.11 Å². The van der Waals surface area contributed by atoms with Gasteiger partial charge < -0.3 is 10.0 Å². The lowest BCUT2D eigenvalue weighted by molar-refractivity contribution is -0.0572. The van der Waals surface area contributed by atoms with Crippen molar-refractivity contribution < 1.29 is 5.11 Å². The fourth-order valence-electron chi connectivity index (χ4n) is 8.06. The van der Waals surface area contributed by atoms with Crippen LogP contribution in [0, 0.1) is 34.5 Å². The lowest BCUT2D eigenvalue weighted by atomic mass is 9.45. The Morgan fingerprint density at radius 2 is 2.00 bits per heavy atom. The van der Waals surface area contributed by atoms with E-state index in [-0.39, 0.29) is 11.5 Å². The molecule has 3 nitrogen and oxygen atoms in total. The van der Waals surface area contributed by atoms with Crippen LogP contribution >= 0.6 is 0 Å². The molecule has 2 fully saturated rings. The van der Waals surface area contributed by atoms with E-state index < -0.39 is 0 Å². The van der Waals surface area contributed by atoms with Crippen LogP contribution in [0.4, 0.5) is 0 Å². The Labute approximate surface area is 183 Å². The zero-order valence-corrected chi connectivity index (χ0v) is 19.2. The van der Waals surface area contributed by atoms with Crippen molar-refractivity contribution in [3.63, 3.8) is 0 Å². The Morgan fingerprint density at radius 1 is 1.17 bits per heavy atom. The van der Waals surface area contributed by atoms with E-state index in [1.165, 1.54) is 50.6 Å². The van der Waals surface area contributed by atoms with E-state index in [4.69, 9.17) is 0 Å². The first-order valence-corrected chi connectivity index (χ1v) is 12.5. The molecule has 4 aliphatic carbocycles. The number of allylic oxidation sites excluding steroid dienone is 4. The van der Waals surface area contributed by atoms with Crippen LogP contribution < -0.4 is 0 Å². The van der Waals surface area contributed by atoms with Crippen LogP contribution in [-0.2, 0) is 0 Å². The second kappa shape index (κ2) is 7.65. The van der Waals surface area contributed by atoms with E-state index in [0.29, 0.717) is 11.3 Å². The van der Waals surface area contributed by atoms with Crippen LogP contribution in [0.15, 0.2) is 40.7 Å². The Hall–Kier alpha value is -1.35. The molecule has 164 valence electrons. The van der Waals surface area contributed by atoms with Crippen LogP contribution in [0.5, 0.6) is 0 Å². The summed E-state index contributed by atoms with van der Waals surface area (Å²) in [6.45, 7) is 8.21. The first kappa shape index (κ1) is 20.5. The second-order valence-corrected chi connectivity index (χ2v) is 11.2. The van der Waals surface area contributed by atoms with Gasteiger partial charge in [-0.15, -0.1) is 0 Å². The molecule has 0 aromatic heterocycles. The molecular formula is C27H40N2O. The summed E-state index contributed by atoms with van der Waals surface area (Å²) >= 11 is 0. The summed E-state index contributed by atoms with van der Waals surface area (Å²) in [5, 5.41) is 10.4. The number of hydrogen-bond donors (Lipinski definition) is 1. The molecule has 0 aromatic rings. The molecule has 0 spiro atoms. The number of fused-ring (bicyclic) bond motifs is 5. The van der Waals surface area contributed by atoms with Crippen LogP contribution in [-0.4, -0.2) is 29.0 Å². The quantitative estimate of drug-likeness (QED) is 0.572. The molecule has 0 radical (unpaired) electrons. The number of aliphatic hydroxyl groups excluding tert-OH is 1. The molecule has 0 unspecified atom stereocenters. The number of aliphatic imine (C=N–C) groups is 1. The average Bonchev–Trinajstić information content (AvgIpc) is 3.10. The minimum atomic E-state index is -0.118. The van der Waals surface area contributed by atoms with Crippen molar-refractivity contribution in [2.75, 3.05) is 6.67 Å². The molecule has 1 aliphatic heterocycles. The Morgan fingerprint density at radius 3 is 2.77 bits per heavy atom. The Balaban J connectivity index is 1.49. The summed E-state index contributed by atoms with van der Waals surface area (Å²) in [6.07, 6.45) is 22.2. The molecule has 0 bridgehead atoms. The first-order valence-electron chi connectivity index (χ1n) is 12.5. The molecular weight excluding hydrogens is 368 g/mol. The van der Waals surface area contributed by atoms with Crippen LogP contribution in [0.25, 0.3) is 0 Å². The third-order valence-electron chi connectivity index (χ3n) is 9.68. The average molecular weight is 409 g/mol. The first-order chi connectivity index (χ1) is 14.5. The standard InChI is InChI=1S/C27H40N2O/c1-4-5-7-19-16-20-17-21(30)10-12-26(20,2)23-11-13-27(3)22(25(19)23)8-9-24(27)29-15-6-14-28-18-29/h6,9,14-16,19,21-23,25,30H,4-5,7-8,10-13,17-18H2,1-3H3/t19-,21+,22+,23+,25+,26+,27+/m1/s1. The zero-order chi connectivity index (χ0) is 20.9. The smallest absolute Gasteiger partial charge is 0.113 e. The second-order valence-electron chi connectivity index (χ2n) is 11.2. The fraction of sp³-hybridized carbons (Fsp3) is 0.741. The molecule has 5 aliphatic rings. The zero-order valence-electron chi connectivity index (χ0n) is 19.2. The molecule has 0 saturated heterocycles. The van der Waals surface area contributed by atoms with E-state index in [1.54, 1.807) is 5.57 Å². The Bertz CT molecular complexity index is 795. The molecule has 0 aromatic carbocycles. The van der Waals surface area contributed by atoms with E-state index in [2.05, 4.69) is 55.1 Å². The van der Waals surface area contributed by atoms with Gasteiger partial charge in [-0.25, -0.2) is 0 Å². The van der Waals surface area contributed by atoms with Crippen molar-refractivity contribution in [1.82, 2.24) is 4.90 Å². The number of hydrogen-bond acceptors (Lipinski definition) is 3. The lowest BCUT2D eigenvalue weighted by Crippen LogP contribution is -2.53. The number of aliphatic hydroxyl groups is 1. The van der Waals surface area contributed by atoms with Gasteiger partial charge in [-0.05, 0) is 80.1 Å². The molecule has 2 saturated carbocycles. The van der Waals surface area contributed by atoms with Crippen molar-refractivity contribution in [3.05, 3.63) is 35.7 Å². The SMILES string of the molecule is CCCC[C@@H]1C=C2C[C@@H](O)CC[C@]2(C)[C@H]2CC[C@]3(C)C(N4C=CC=NC4)=CC[C@H]3[C@H]12. The summed E-state index contributed by atoms with van der Waals surface area (Å²) in [7, 11) is 0. The predicted molar refractivity (Wildman–Crippen MR) is 124 cm³/mol. The molecule has 3 heteroatoms. The van der Waals surface area contributed by atoms with Crippen molar-refractivity contribution in [2.24, 2.45) is 39.5 Å². The van der Waals surface area contributed by atoms with Gasteiger partial charge >= 0.3 is 0 Å². The third-order valence-corrected chi connectivity index (χ3v) is 9.68. The normalized spacial score (nSPS) is 44.8. The predicted octanol–water partition coefficient (Wildman–Crippen LogP) is 6.08. The van der Waals surface area contributed by atoms with E-state index in [1.807, 2.05) is 6.21 Å². The largest absolute Gasteiger partial charge is 0.393 e. The summed E-state index contributed by atoms with van der Waals surface area (Å²) in [5.74, 6) is 3.00. The minimum Gasteiger partial charge on any atom is -0.393 e. The van der Waals surface area contributed by atoms with Gasteiger partial charge in [0.2, 0.25) is 0 Å². The number of rotatable bonds is 4. The maximum absolute atomic E-state index is 10.4. The van der Waals surface area contributed by atoms with Gasteiger partial charge in [0.05, 0.1) is 6.10 Å². The fourth-order valence-corrected chi connectivity index (χ4v) is 8.06. The number of unbranched alkanes of at least 4 members (excludes halogenated alkanes) is 1. The highest BCUT2D eigenvalue weighted by Gasteiger charge is 2.59. The highest BCUT2D eigenvalue weighted by Crippen LogP contribution is 2.66. The maximum atomic E-state index is 10.4. The van der Waals surface area contributed by atoms with Gasteiger partial charge in [0, 0.05) is 23.5 Å². The molecule has 0 amide bonds. The van der Waals surface area contributed by atoms with Crippen LogP contribution in [0.3, 0.4) is 0 Å². The van der Waals surface area contributed by atoms with Crippen molar-refractivity contribution in [1.29, 1.82) is 0 Å². The van der Waals surface area contributed by atoms with Crippen molar-refractivity contribution in [2.45, 2.75) is 84.7 Å². The van der Waals surface area contributed by atoms with Crippen LogP contribution in [0.1, 0.15) is 78.6 Å². The summed E-state index contributed by atoms with van der Waals surface area (Å²) in [6, 6.07) is 0. The topological polar surface area (TPSA) is 35.8 Å². The van der Waals surface area contributed by atoms with Crippen LogP contribution in [0.2, 0.25) is 0 Å². The van der Waals surface area contributed by atoms with Gasteiger partial charge in [-0.3, -0.25) is 4.99 Å². The highest BCUT2D eigenvalue weighted by molar-refractivity contribution is 5.71. The molecule has 5 rings (SSSR count). The Kier molecular flexibility index (Phi) is 5.24. The summed E-state index contributed by atoms with van der Waals surface area (Å²) < 4.78 is 0.